The average Bonchev–Trinajstić information content (AvgIpc) is 3.38. The van der Waals surface area contributed by atoms with Crippen LogP contribution in [0.2, 0.25) is 0 Å². The molecule has 2 aromatic rings. The van der Waals surface area contributed by atoms with Crippen LogP contribution in [0.15, 0.2) is 42.7 Å². The largest absolute Gasteiger partial charge is 0.338 e. The molecule has 2 heterocycles. The Kier molecular flexibility index (Phi) is 9.67. The molecule has 4 rings (SSSR count). The summed E-state index contributed by atoms with van der Waals surface area (Å²) < 4.78 is 14.5. The van der Waals surface area contributed by atoms with Crippen molar-refractivity contribution in [3.05, 3.63) is 59.7 Å². The van der Waals surface area contributed by atoms with Gasteiger partial charge in [0.1, 0.15) is 5.82 Å². The fraction of sp³-hybridized carbons (Fsp3) is 0.567. The highest BCUT2D eigenvalue weighted by molar-refractivity contribution is 6.06. The highest BCUT2D eigenvalue weighted by Gasteiger charge is 2.26. The molecular weight excluding hydrogens is 467 g/mol. The Morgan fingerprint density at radius 3 is 2.49 bits per heavy atom. The molecule has 0 N–H and O–H groups in total. The molecule has 6 nitrogen and oxygen atoms in total. The van der Waals surface area contributed by atoms with E-state index in [-0.39, 0.29) is 17.6 Å². The fourth-order valence-electron chi connectivity index (χ4n) is 5.76. The summed E-state index contributed by atoms with van der Waals surface area (Å²) in [6.07, 6.45) is 10.1. The van der Waals surface area contributed by atoms with Crippen molar-refractivity contribution < 1.29 is 14.0 Å². The molecule has 1 aliphatic carbocycles. The van der Waals surface area contributed by atoms with E-state index in [1.807, 2.05) is 4.90 Å². The first-order chi connectivity index (χ1) is 17.9. The third kappa shape index (κ3) is 7.60. The van der Waals surface area contributed by atoms with Gasteiger partial charge in [-0.2, -0.15) is 0 Å². The van der Waals surface area contributed by atoms with Gasteiger partial charge in [0.2, 0.25) is 5.91 Å². The summed E-state index contributed by atoms with van der Waals surface area (Å²) in [7, 11) is 0. The second-order valence-electron chi connectivity index (χ2n) is 11.0. The molecule has 0 bridgehead atoms. The smallest absolute Gasteiger partial charge is 0.259 e. The Hall–Kier alpha value is -2.80. The third-order valence-corrected chi connectivity index (χ3v) is 7.52. The number of hydrogen-bond donors (Lipinski definition) is 0. The van der Waals surface area contributed by atoms with Crippen LogP contribution in [0.3, 0.4) is 0 Å². The van der Waals surface area contributed by atoms with Crippen molar-refractivity contribution in [1.29, 1.82) is 0 Å². The minimum Gasteiger partial charge on any atom is -0.338 e. The van der Waals surface area contributed by atoms with Crippen molar-refractivity contribution in [1.82, 2.24) is 14.8 Å². The standard InChI is InChI=1S/C30H41FN4O2/c1-23(2)21-33-14-6-16-34(29(36)18-24-8-3-4-9-24)22-26-19-27(31)11-12-28(26)35(17-7-15-33)30(37)25-10-5-13-32-20-25/h5,10-13,19-20,23-24H,3-4,6-9,14-18,21-22H2,1-2H3. The van der Waals surface area contributed by atoms with Crippen LogP contribution in [0.25, 0.3) is 0 Å². The number of benzene rings is 1. The zero-order valence-corrected chi connectivity index (χ0v) is 22.4. The molecule has 37 heavy (non-hydrogen) atoms. The molecule has 7 heteroatoms. The second-order valence-corrected chi connectivity index (χ2v) is 11.0. The highest BCUT2D eigenvalue weighted by atomic mass is 19.1. The molecule has 1 saturated carbocycles. The van der Waals surface area contributed by atoms with Crippen LogP contribution in [-0.2, 0) is 11.3 Å². The summed E-state index contributed by atoms with van der Waals surface area (Å²) >= 11 is 0. The first kappa shape index (κ1) is 27.2. The number of nitrogens with zero attached hydrogens (tertiary/aromatic N) is 4. The monoisotopic (exact) mass is 508 g/mol. The number of hydrogen-bond acceptors (Lipinski definition) is 4. The van der Waals surface area contributed by atoms with E-state index in [0.717, 1.165) is 45.3 Å². The molecule has 0 unspecified atom stereocenters. The van der Waals surface area contributed by atoms with Crippen molar-refractivity contribution in [3.63, 3.8) is 0 Å². The number of amides is 2. The third-order valence-electron chi connectivity index (χ3n) is 7.52. The molecule has 0 spiro atoms. The Morgan fingerprint density at radius 2 is 1.78 bits per heavy atom. The van der Waals surface area contributed by atoms with Crippen LogP contribution in [0.4, 0.5) is 10.1 Å². The van der Waals surface area contributed by atoms with Crippen LogP contribution in [0.1, 0.15) is 74.7 Å². The van der Waals surface area contributed by atoms with E-state index < -0.39 is 0 Å². The van der Waals surface area contributed by atoms with E-state index in [1.165, 1.54) is 25.0 Å². The molecule has 1 aromatic heterocycles. The van der Waals surface area contributed by atoms with Crippen LogP contribution < -0.4 is 4.90 Å². The number of pyridine rings is 1. The Labute approximate surface area is 220 Å². The topological polar surface area (TPSA) is 56.8 Å². The van der Waals surface area contributed by atoms with E-state index in [4.69, 9.17) is 0 Å². The normalized spacial score (nSPS) is 18.4. The lowest BCUT2D eigenvalue weighted by Crippen LogP contribution is -2.40. The van der Waals surface area contributed by atoms with Crippen molar-refractivity contribution in [2.75, 3.05) is 37.6 Å². The van der Waals surface area contributed by atoms with Gasteiger partial charge in [-0.25, -0.2) is 4.39 Å². The van der Waals surface area contributed by atoms with Crippen molar-refractivity contribution >= 4 is 17.5 Å². The van der Waals surface area contributed by atoms with Gasteiger partial charge in [0.15, 0.2) is 0 Å². The number of aromatic nitrogens is 1. The van der Waals surface area contributed by atoms with Crippen molar-refractivity contribution in [3.8, 4) is 0 Å². The maximum Gasteiger partial charge on any atom is 0.259 e. The van der Waals surface area contributed by atoms with Gasteiger partial charge in [-0.3, -0.25) is 14.6 Å². The van der Waals surface area contributed by atoms with Crippen LogP contribution in [0.5, 0.6) is 0 Å². The van der Waals surface area contributed by atoms with E-state index in [0.29, 0.717) is 54.7 Å². The maximum atomic E-state index is 14.5. The summed E-state index contributed by atoms with van der Waals surface area (Å²) in [6.45, 7) is 8.63. The fourth-order valence-corrected chi connectivity index (χ4v) is 5.76. The van der Waals surface area contributed by atoms with E-state index in [9.17, 15) is 14.0 Å². The zero-order valence-electron chi connectivity index (χ0n) is 22.4. The van der Waals surface area contributed by atoms with Crippen LogP contribution in [0, 0.1) is 17.7 Å². The number of carbonyl (C=O) groups excluding carboxylic acids is 2. The number of carbonyl (C=O) groups is 2. The maximum absolute atomic E-state index is 14.5. The average molecular weight is 509 g/mol. The number of anilines is 1. The molecule has 1 aromatic carbocycles. The molecular formula is C30H41FN4O2. The minimum absolute atomic E-state index is 0.139. The van der Waals surface area contributed by atoms with Crippen LogP contribution in [-0.4, -0.2) is 59.3 Å². The molecule has 0 saturated heterocycles. The summed E-state index contributed by atoms with van der Waals surface area (Å²) in [5.41, 5.74) is 1.85. The summed E-state index contributed by atoms with van der Waals surface area (Å²) in [6, 6.07) is 8.10. The molecule has 0 radical (unpaired) electrons. The van der Waals surface area contributed by atoms with Crippen LogP contribution >= 0.6 is 0 Å². The minimum atomic E-state index is -0.356. The van der Waals surface area contributed by atoms with Gasteiger partial charge in [0.25, 0.3) is 5.91 Å². The number of halogens is 1. The lowest BCUT2D eigenvalue weighted by Gasteiger charge is -2.32. The quantitative estimate of drug-likeness (QED) is 0.533. The second kappa shape index (κ2) is 13.1. The summed E-state index contributed by atoms with van der Waals surface area (Å²) in [5, 5.41) is 0. The first-order valence-corrected chi connectivity index (χ1v) is 13.9. The number of rotatable bonds is 5. The first-order valence-electron chi connectivity index (χ1n) is 13.9. The zero-order chi connectivity index (χ0) is 26.2. The molecule has 1 fully saturated rings. The van der Waals surface area contributed by atoms with Gasteiger partial charge >= 0.3 is 0 Å². The predicted molar refractivity (Wildman–Crippen MR) is 145 cm³/mol. The van der Waals surface area contributed by atoms with E-state index in [1.54, 1.807) is 35.5 Å². The van der Waals surface area contributed by atoms with Gasteiger partial charge in [-0.1, -0.05) is 26.7 Å². The van der Waals surface area contributed by atoms with Crippen molar-refractivity contribution in [2.24, 2.45) is 11.8 Å². The van der Waals surface area contributed by atoms with Gasteiger partial charge < -0.3 is 14.7 Å². The lowest BCUT2D eigenvalue weighted by molar-refractivity contribution is -0.133. The molecule has 200 valence electrons. The SMILES string of the molecule is CC(C)CN1CCCN(C(=O)CC2CCCC2)Cc2cc(F)ccc2N(C(=O)c2cccnc2)CCC1. The Balaban J connectivity index is 1.67. The molecule has 1 aliphatic heterocycles. The van der Waals surface area contributed by atoms with Gasteiger partial charge in [0.05, 0.1) is 5.56 Å². The van der Waals surface area contributed by atoms with Gasteiger partial charge in [-0.15, -0.1) is 0 Å². The number of fused-ring (bicyclic) bond motifs is 1. The highest BCUT2D eigenvalue weighted by Crippen LogP contribution is 2.30. The summed E-state index contributed by atoms with van der Waals surface area (Å²) in [5.74, 6) is 0.606. The van der Waals surface area contributed by atoms with E-state index >= 15 is 0 Å². The van der Waals surface area contributed by atoms with E-state index in [2.05, 4.69) is 23.7 Å². The van der Waals surface area contributed by atoms with Gasteiger partial charge in [0, 0.05) is 50.7 Å². The molecule has 2 aliphatic rings. The lowest BCUT2D eigenvalue weighted by atomic mass is 10.0. The molecule has 0 atom stereocenters. The van der Waals surface area contributed by atoms with Crippen molar-refractivity contribution in [2.45, 2.75) is 65.3 Å². The Morgan fingerprint density at radius 1 is 1.03 bits per heavy atom. The summed E-state index contributed by atoms with van der Waals surface area (Å²) in [4.78, 5) is 37.4. The predicted octanol–water partition coefficient (Wildman–Crippen LogP) is 5.53. The Bertz CT molecular complexity index is 1040. The van der Waals surface area contributed by atoms with Gasteiger partial charge in [-0.05, 0) is 86.5 Å². The molecule has 2 amide bonds.